The smallest absolute Gasteiger partial charge is 0.0714 e. The Labute approximate surface area is 194 Å². The summed E-state index contributed by atoms with van der Waals surface area (Å²) in [5.41, 5.74) is 9.09. The molecular weight excluding hydrogens is 400 g/mol. The molecular formula is C31H24N2. The van der Waals surface area contributed by atoms with Gasteiger partial charge in [-0.1, -0.05) is 109 Å². The summed E-state index contributed by atoms with van der Waals surface area (Å²) < 4.78 is 0. The maximum Gasteiger partial charge on any atom is 0.0714 e. The lowest BCUT2D eigenvalue weighted by Crippen LogP contribution is -2.29. The van der Waals surface area contributed by atoms with Crippen molar-refractivity contribution in [2.45, 2.75) is 5.41 Å². The highest BCUT2D eigenvalue weighted by Crippen LogP contribution is 2.56. The van der Waals surface area contributed by atoms with Gasteiger partial charge in [0.15, 0.2) is 0 Å². The van der Waals surface area contributed by atoms with Gasteiger partial charge in [-0.15, -0.1) is 0 Å². The fraction of sp³-hybridized carbons (Fsp3) is 0.0323. The summed E-state index contributed by atoms with van der Waals surface area (Å²) in [5.74, 6) is 6.61. The van der Waals surface area contributed by atoms with Crippen molar-refractivity contribution in [1.82, 2.24) is 0 Å². The lowest BCUT2D eigenvalue weighted by Gasteiger charge is -2.34. The second kappa shape index (κ2) is 7.77. The Hall–Kier alpha value is -4.14. The average Bonchev–Trinajstić information content (AvgIpc) is 3.20. The Morgan fingerprint density at radius 2 is 0.970 bits per heavy atom. The van der Waals surface area contributed by atoms with Crippen molar-refractivity contribution in [1.29, 1.82) is 0 Å². The highest BCUT2D eigenvalue weighted by Gasteiger charge is 2.46. The molecule has 0 radical (unpaired) electrons. The van der Waals surface area contributed by atoms with Gasteiger partial charge in [-0.3, -0.25) is 5.01 Å². The summed E-state index contributed by atoms with van der Waals surface area (Å²) in [7, 11) is 0. The molecule has 0 atom stereocenters. The summed E-state index contributed by atoms with van der Waals surface area (Å²) in [6, 6.07) is 47.1. The van der Waals surface area contributed by atoms with Crippen LogP contribution in [0.3, 0.4) is 0 Å². The molecule has 0 unspecified atom stereocenters. The molecule has 5 aromatic rings. The topological polar surface area (TPSA) is 29.3 Å². The summed E-state index contributed by atoms with van der Waals surface area (Å²) in [6.45, 7) is 0. The van der Waals surface area contributed by atoms with E-state index in [4.69, 9.17) is 5.84 Å². The van der Waals surface area contributed by atoms with Crippen molar-refractivity contribution in [3.8, 4) is 11.1 Å². The molecule has 5 aromatic carbocycles. The van der Waals surface area contributed by atoms with Crippen molar-refractivity contribution in [2.24, 2.45) is 5.84 Å². The van der Waals surface area contributed by atoms with Crippen molar-refractivity contribution >= 4 is 11.4 Å². The van der Waals surface area contributed by atoms with E-state index in [1.54, 1.807) is 5.01 Å². The number of para-hydroxylation sites is 1. The van der Waals surface area contributed by atoms with Gasteiger partial charge in [-0.25, -0.2) is 5.84 Å². The molecule has 0 saturated carbocycles. The minimum atomic E-state index is -0.415. The van der Waals surface area contributed by atoms with Gasteiger partial charge in [0.05, 0.1) is 16.8 Å². The fourth-order valence-corrected chi connectivity index (χ4v) is 5.32. The first-order chi connectivity index (χ1) is 16.3. The molecule has 0 aliphatic heterocycles. The number of fused-ring (bicyclic) bond motifs is 3. The Morgan fingerprint density at radius 3 is 1.61 bits per heavy atom. The van der Waals surface area contributed by atoms with Gasteiger partial charge in [-0.2, -0.15) is 0 Å². The Balaban J connectivity index is 1.67. The molecule has 0 bridgehead atoms. The minimum Gasteiger partial charge on any atom is -0.280 e. The molecule has 6 rings (SSSR count). The molecule has 33 heavy (non-hydrogen) atoms. The third kappa shape index (κ3) is 2.92. The van der Waals surface area contributed by atoms with E-state index < -0.39 is 5.41 Å². The molecule has 0 fully saturated rings. The zero-order chi connectivity index (χ0) is 22.3. The van der Waals surface area contributed by atoms with Crippen molar-refractivity contribution in [3.05, 3.63) is 156 Å². The summed E-state index contributed by atoms with van der Waals surface area (Å²) >= 11 is 0. The summed E-state index contributed by atoms with van der Waals surface area (Å²) in [6.07, 6.45) is 0. The van der Waals surface area contributed by atoms with Crippen molar-refractivity contribution < 1.29 is 0 Å². The maximum absolute atomic E-state index is 6.61. The lowest BCUT2D eigenvalue weighted by molar-refractivity contribution is 0.768. The Bertz CT molecular complexity index is 1370. The third-order valence-corrected chi connectivity index (χ3v) is 6.75. The van der Waals surface area contributed by atoms with Gasteiger partial charge < -0.3 is 0 Å². The Morgan fingerprint density at radius 1 is 0.455 bits per heavy atom. The highest BCUT2D eigenvalue weighted by molar-refractivity contribution is 5.88. The second-order valence-electron chi connectivity index (χ2n) is 8.46. The van der Waals surface area contributed by atoms with Gasteiger partial charge in [-0.05, 0) is 57.6 Å². The van der Waals surface area contributed by atoms with Crippen LogP contribution in [0.1, 0.15) is 22.3 Å². The molecule has 1 aliphatic carbocycles. The standard InChI is InChI=1S/C31H24N2/c32-33(25-16-8-3-9-17-25)26-20-21-28-27-18-10-11-19-29(27)31(30(28)22-26,23-12-4-1-5-13-23)24-14-6-2-7-15-24/h1-22H,32H2. The number of nitrogens with zero attached hydrogens (tertiary/aromatic N) is 1. The lowest BCUT2D eigenvalue weighted by atomic mass is 9.67. The molecule has 158 valence electrons. The van der Waals surface area contributed by atoms with Gasteiger partial charge >= 0.3 is 0 Å². The van der Waals surface area contributed by atoms with E-state index in [1.807, 2.05) is 30.3 Å². The first-order valence-electron chi connectivity index (χ1n) is 11.3. The number of nitrogens with two attached hydrogens (primary N) is 1. The second-order valence-corrected chi connectivity index (χ2v) is 8.46. The molecule has 1 aliphatic rings. The zero-order valence-corrected chi connectivity index (χ0v) is 18.2. The molecule has 0 aromatic heterocycles. The number of benzene rings is 5. The van der Waals surface area contributed by atoms with Crippen LogP contribution in [-0.4, -0.2) is 0 Å². The summed E-state index contributed by atoms with van der Waals surface area (Å²) in [4.78, 5) is 0. The maximum atomic E-state index is 6.61. The molecule has 2 N–H and O–H groups in total. The molecule has 0 heterocycles. The molecule has 0 amide bonds. The van der Waals surface area contributed by atoms with Gasteiger partial charge in [0.25, 0.3) is 0 Å². The van der Waals surface area contributed by atoms with E-state index in [2.05, 4.69) is 103 Å². The zero-order valence-electron chi connectivity index (χ0n) is 18.2. The van der Waals surface area contributed by atoms with Crippen LogP contribution in [0, 0.1) is 0 Å². The van der Waals surface area contributed by atoms with Crippen LogP contribution in [0.15, 0.2) is 133 Å². The van der Waals surface area contributed by atoms with Crippen LogP contribution >= 0.6 is 0 Å². The van der Waals surface area contributed by atoms with Crippen LogP contribution in [0.25, 0.3) is 11.1 Å². The first-order valence-corrected chi connectivity index (χ1v) is 11.3. The van der Waals surface area contributed by atoms with Crippen LogP contribution in [0.5, 0.6) is 0 Å². The molecule has 0 spiro atoms. The molecule has 0 saturated heterocycles. The summed E-state index contributed by atoms with van der Waals surface area (Å²) in [5, 5.41) is 1.77. The largest absolute Gasteiger partial charge is 0.280 e. The van der Waals surface area contributed by atoms with Crippen LogP contribution in [0.4, 0.5) is 11.4 Å². The number of rotatable bonds is 4. The van der Waals surface area contributed by atoms with Crippen molar-refractivity contribution in [3.63, 3.8) is 0 Å². The van der Waals surface area contributed by atoms with Gasteiger partial charge in [0.1, 0.15) is 0 Å². The predicted molar refractivity (Wildman–Crippen MR) is 137 cm³/mol. The van der Waals surface area contributed by atoms with Gasteiger partial charge in [0, 0.05) is 0 Å². The molecule has 2 heteroatoms. The van der Waals surface area contributed by atoms with E-state index in [9.17, 15) is 0 Å². The average molecular weight is 425 g/mol. The number of hydrazine groups is 1. The van der Waals surface area contributed by atoms with E-state index in [0.717, 1.165) is 11.4 Å². The SMILES string of the molecule is NN(c1ccccc1)c1ccc2c(c1)C(c1ccccc1)(c1ccccc1)c1ccccc1-2. The van der Waals surface area contributed by atoms with Crippen molar-refractivity contribution in [2.75, 3.05) is 5.01 Å². The molecule has 2 nitrogen and oxygen atoms in total. The predicted octanol–water partition coefficient (Wildman–Crippen LogP) is 7.06. The normalized spacial score (nSPS) is 13.2. The minimum absolute atomic E-state index is 0.415. The quantitative estimate of drug-likeness (QED) is 0.242. The Kier molecular flexibility index (Phi) is 4.60. The van der Waals surface area contributed by atoms with Gasteiger partial charge in [0.2, 0.25) is 0 Å². The first kappa shape index (κ1) is 19.5. The monoisotopic (exact) mass is 424 g/mol. The van der Waals surface area contributed by atoms with Crippen LogP contribution in [0.2, 0.25) is 0 Å². The van der Waals surface area contributed by atoms with E-state index >= 15 is 0 Å². The van der Waals surface area contributed by atoms with Crippen LogP contribution in [-0.2, 0) is 5.41 Å². The van der Waals surface area contributed by atoms with E-state index in [1.165, 1.54) is 33.4 Å². The van der Waals surface area contributed by atoms with E-state index in [-0.39, 0.29) is 0 Å². The number of hydrogen-bond donors (Lipinski definition) is 1. The number of anilines is 2. The third-order valence-electron chi connectivity index (χ3n) is 6.75. The number of hydrogen-bond acceptors (Lipinski definition) is 2. The van der Waals surface area contributed by atoms with E-state index in [0.29, 0.717) is 0 Å². The highest BCUT2D eigenvalue weighted by atomic mass is 15.4. The fourth-order valence-electron chi connectivity index (χ4n) is 5.32. The van der Waals surface area contributed by atoms with Crippen LogP contribution < -0.4 is 10.9 Å².